The highest BCUT2D eigenvalue weighted by atomic mass is 15.3. The number of guanidine groups is 1. The molecule has 26 heavy (non-hydrogen) atoms. The first-order valence-electron chi connectivity index (χ1n) is 9.61. The Labute approximate surface area is 157 Å². The van der Waals surface area contributed by atoms with E-state index in [1.54, 1.807) is 6.33 Å². The van der Waals surface area contributed by atoms with Crippen LogP contribution in [0.1, 0.15) is 38.6 Å². The maximum atomic E-state index is 4.68. The van der Waals surface area contributed by atoms with Crippen molar-refractivity contribution >= 4 is 5.96 Å². The van der Waals surface area contributed by atoms with E-state index in [9.17, 15) is 0 Å². The Bertz CT molecular complexity index is 647. The minimum atomic E-state index is 0.544. The van der Waals surface area contributed by atoms with Crippen LogP contribution in [-0.2, 0) is 19.4 Å². The number of benzene rings is 1. The second kappa shape index (κ2) is 11.3. The van der Waals surface area contributed by atoms with Crippen molar-refractivity contribution in [3.8, 4) is 0 Å². The van der Waals surface area contributed by atoms with E-state index in [1.807, 2.05) is 0 Å². The number of nitrogens with one attached hydrogen (secondary N) is 2. The normalized spacial score (nSPS) is 11.8. The van der Waals surface area contributed by atoms with Crippen molar-refractivity contribution in [2.45, 2.75) is 46.6 Å². The topological polar surface area (TPSA) is 67.1 Å². The summed E-state index contributed by atoms with van der Waals surface area (Å²) in [5.41, 5.74) is 1.38. The van der Waals surface area contributed by atoms with Crippen molar-refractivity contribution in [1.82, 2.24) is 25.4 Å². The van der Waals surface area contributed by atoms with Crippen molar-refractivity contribution < 1.29 is 0 Å². The number of aliphatic imine (C=N–C) groups is 1. The van der Waals surface area contributed by atoms with Gasteiger partial charge in [-0.15, -0.1) is 10.2 Å². The van der Waals surface area contributed by atoms with Crippen molar-refractivity contribution in [1.29, 1.82) is 0 Å². The lowest BCUT2D eigenvalue weighted by atomic mass is 10.1. The van der Waals surface area contributed by atoms with Crippen LogP contribution in [0.5, 0.6) is 0 Å². The quantitative estimate of drug-likeness (QED) is 0.390. The number of rotatable bonds is 10. The number of hydrogen-bond acceptors (Lipinski definition) is 3. The molecule has 0 spiro atoms. The summed E-state index contributed by atoms with van der Waals surface area (Å²) in [6.45, 7) is 9.82. The SMILES string of the molecule is CCc1nncn1CCNC(=NCC(C)C)NCCCc1ccccc1. The van der Waals surface area contributed by atoms with Crippen LogP contribution in [0.3, 0.4) is 0 Å². The second-order valence-corrected chi connectivity index (χ2v) is 6.82. The second-order valence-electron chi connectivity index (χ2n) is 6.82. The first kappa shape index (κ1) is 19.9. The summed E-state index contributed by atoms with van der Waals surface area (Å²) >= 11 is 0. The summed E-state index contributed by atoms with van der Waals surface area (Å²) in [4.78, 5) is 4.68. The van der Waals surface area contributed by atoms with E-state index in [-0.39, 0.29) is 0 Å². The molecule has 0 amide bonds. The largest absolute Gasteiger partial charge is 0.356 e. The average Bonchev–Trinajstić information content (AvgIpc) is 3.11. The lowest BCUT2D eigenvalue weighted by molar-refractivity contribution is 0.620. The predicted octanol–water partition coefficient (Wildman–Crippen LogP) is 2.66. The summed E-state index contributed by atoms with van der Waals surface area (Å²) in [6, 6.07) is 10.6. The van der Waals surface area contributed by atoms with E-state index in [1.165, 1.54) is 5.56 Å². The number of nitrogens with zero attached hydrogens (tertiary/aromatic N) is 4. The van der Waals surface area contributed by atoms with E-state index < -0.39 is 0 Å². The molecule has 1 heterocycles. The molecule has 0 bridgehead atoms. The molecule has 142 valence electrons. The Morgan fingerprint density at radius 3 is 2.65 bits per heavy atom. The third-order valence-corrected chi connectivity index (χ3v) is 4.05. The van der Waals surface area contributed by atoms with Gasteiger partial charge in [-0.1, -0.05) is 51.1 Å². The Hall–Kier alpha value is -2.37. The van der Waals surface area contributed by atoms with Gasteiger partial charge in [0.15, 0.2) is 5.96 Å². The van der Waals surface area contributed by atoms with Crippen molar-refractivity contribution in [3.05, 3.63) is 48.0 Å². The van der Waals surface area contributed by atoms with Gasteiger partial charge >= 0.3 is 0 Å². The Kier molecular flexibility index (Phi) is 8.66. The molecule has 0 aliphatic rings. The molecular formula is C20H32N6. The standard InChI is InChI=1S/C20H32N6/c1-4-19-25-24-16-26(19)14-13-22-20(23-15-17(2)3)21-12-8-11-18-9-6-5-7-10-18/h5-7,9-10,16-17H,4,8,11-15H2,1-3H3,(H2,21,22,23). The highest BCUT2D eigenvalue weighted by Crippen LogP contribution is 2.01. The summed E-state index contributed by atoms with van der Waals surface area (Å²) in [6.07, 6.45) is 4.84. The Balaban J connectivity index is 1.76. The van der Waals surface area contributed by atoms with Gasteiger partial charge in [0.05, 0.1) is 0 Å². The summed E-state index contributed by atoms with van der Waals surface area (Å²) in [7, 11) is 0. The van der Waals surface area contributed by atoms with Gasteiger partial charge < -0.3 is 15.2 Å². The zero-order valence-electron chi connectivity index (χ0n) is 16.3. The third kappa shape index (κ3) is 7.25. The molecule has 0 radical (unpaired) electrons. The maximum Gasteiger partial charge on any atom is 0.191 e. The lowest BCUT2D eigenvalue weighted by Gasteiger charge is -2.14. The van der Waals surface area contributed by atoms with E-state index in [2.05, 4.69) is 81.5 Å². The molecule has 1 aromatic carbocycles. The molecule has 0 aliphatic heterocycles. The van der Waals surface area contributed by atoms with Gasteiger partial charge in [-0.05, 0) is 24.3 Å². The molecule has 0 fully saturated rings. The number of hydrogen-bond donors (Lipinski definition) is 2. The molecule has 0 unspecified atom stereocenters. The number of aromatic nitrogens is 3. The van der Waals surface area contributed by atoms with Crippen LogP contribution in [0.25, 0.3) is 0 Å². The van der Waals surface area contributed by atoms with Crippen molar-refractivity contribution in [3.63, 3.8) is 0 Å². The Morgan fingerprint density at radius 1 is 1.15 bits per heavy atom. The fraction of sp³-hybridized carbons (Fsp3) is 0.550. The minimum absolute atomic E-state index is 0.544. The summed E-state index contributed by atoms with van der Waals surface area (Å²) < 4.78 is 2.09. The van der Waals surface area contributed by atoms with E-state index in [0.29, 0.717) is 5.92 Å². The third-order valence-electron chi connectivity index (χ3n) is 4.05. The van der Waals surface area contributed by atoms with E-state index in [4.69, 9.17) is 0 Å². The fourth-order valence-electron chi connectivity index (χ4n) is 2.63. The minimum Gasteiger partial charge on any atom is -0.356 e. The van der Waals surface area contributed by atoms with Crippen molar-refractivity contribution in [2.75, 3.05) is 19.6 Å². The van der Waals surface area contributed by atoms with Crippen LogP contribution in [0.2, 0.25) is 0 Å². The molecule has 6 heteroatoms. The lowest BCUT2D eigenvalue weighted by Crippen LogP contribution is -2.40. The van der Waals surface area contributed by atoms with Gasteiger partial charge in [0.1, 0.15) is 12.2 Å². The maximum absolute atomic E-state index is 4.68. The molecule has 2 aromatic rings. The molecule has 0 saturated carbocycles. The molecule has 0 atom stereocenters. The fourth-order valence-corrected chi connectivity index (χ4v) is 2.63. The van der Waals surface area contributed by atoms with Gasteiger partial charge in [0.25, 0.3) is 0 Å². The zero-order chi connectivity index (χ0) is 18.6. The molecule has 2 N–H and O–H groups in total. The average molecular weight is 357 g/mol. The van der Waals surface area contributed by atoms with Crippen LogP contribution in [0, 0.1) is 5.92 Å². The molecule has 2 rings (SSSR count). The van der Waals surface area contributed by atoms with Crippen LogP contribution < -0.4 is 10.6 Å². The van der Waals surface area contributed by atoms with Crippen LogP contribution >= 0.6 is 0 Å². The van der Waals surface area contributed by atoms with Gasteiger partial charge in [0.2, 0.25) is 0 Å². The predicted molar refractivity (Wildman–Crippen MR) is 107 cm³/mol. The summed E-state index contributed by atoms with van der Waals surface area (Å²) in [5.74, 6) is 2.45. The first-order chi connectivity index (χ1) is 12.7. The summed E-state index contributed by atoms with van der Waals surface area (Å²) in [5, 5.41) is 15.0. The van der Waals surface area contributed by atoms with E-state index in [0.717, 1.165) is 57.2 Å². The highest BCUT2D eigenvalue weighted by Gasteiger charge is 2.03. The number of aryl methyl sites for hydroxylation is 2. The van der Waals surface area contributed by atoms with Crippen LogP contribution in [0.15, 0.2) is 41.7 Å². The molecule has 6 nitrogen and oxygen atoms in total. The molecular weight excluding hydrogens is 324 g/mol. The molecule has 0 saturated heterocycles. The molecule has 0 aliphatic carbocycles. The highest BCUT2D eigenvalue weighted by molar-refractivity contribution is 5.79. The Morgan fingerprint density at radius 2 is 1.92 bits per heavy atom. The van der Waals surface area contributed by atoms with Gasteiger partial charge in [-0.2, -0.15) is 0 Å². The van der Waals surface area contributed by atoms with Crippen LogP contribution in [0.4, 0.5) is 0 Å². The van der Waals surface area contributed by atoms with Gasteiger partial charge in [0, 0.05) is 32.6 Å². The van der Waals surface area contributed by atoms with E-state index >= 15 is 0 Å². The monoisotopic (exact) mass is 356 g/mol. The van der Waals surface area contributed by atoms with Crippen molar-refractivity contribution in [2.24, 2.45) is 10.9 Å². The zero-order valence-corrected chi connectivity index (χ0v) is 16.3. The molecule has 1 aromatic heterocycles. The van der Waals surface area contributed by atoms with Gasteiger partial charge in [-0.25, -0.2) is 0 Å². The smallest absolute Gasteiger partial charge is 0.191 e. The van der Waals surface area contributed by atoms with Crippen LogP contribution in [-0.4, -0.2) is 40.4 Å². The van der Waals surface area contributed by atoms with Gasteiger partial charge in [-0.3, -0.25) is 4.99 Å². The first-order valence-corrected chi connectivity index (χ1v) is 9.61.